The highest BCUT2D eigenvalue weighted by atomic mass is 35.5. The normalized spacial score (nSPS) is 10.9. The van der Waals surface area contributed by atoms with Crippen molar-refractivity contribution in [3.63, 3.8) is 0 Å². The highest BCUT2D eigenvalue weighted by molar-refractivity contribution is 6.30. The minimum Gasteiger partial charge on any atom is -0.0843 e. The van der Waals surface area contributed by atoms with E-state index in [0.29, 0.717) is 0 Å². The van der Waals surface area contributed by atoms with Crippen molar-refractivity contribution < 1.29 is 0 Å². The summed E-state index contributed by atoms with van der Waals surface area (Å²) in [6.45, 7) is 4.35. The summed E-state index contributed by atoms with van der Waals surface area (Å²) in [4.78, 5) is 0. The lowest BCUT2D eigenvalue weighted by Crippen LogP contribution is -1.90. The van der Waals surface area contributed by atoms with Gasteiger partial charge >= 0.3 is 0 Å². The summed E-state index contributed by atoms with van der Waals surface area (Å²) in [5.74, 6) is 0. The lowest BCUT2D eigenvalue weighted by atomic mass is 9.91. The van der Waals surface area contributed by atoms with Crippen molar-refractivity contribution >= 4 is 22.4 Å². The quantitative estimate of drug-likeness (QED) is 0.524. The molecule has 0 aliphatic rings. The van der Waals surface area contributed by atoms with E-state index < -0.39 is 0 Å². The first-order valence-corrected chi connectivity index (χ1v) is 6.79. The van der Waals surface area contributed by atoms with Gasteiger partial charge in [0, 0.05) is 5.02 Å². The van der Waals surface area contributed by atoms with E-state index in [1.165, 1.54) is 33.0 Å². The van der Waals surface area contributed by atoms with Crippen LogP contribution < -0.4 is 0 Å². The monoisotopic (exact) mass is 266 g/mol. The van der Waals surface area contributed by atoms with Gasteiger partial charge in [-0.05, 0) is 59.0 Å². The molecule has 0 aliphatic carbocycles. The van der Waals surface area contributed by atoms with Gasteiger partial charge in [-0.2, -0.15) is 0 Å². The number of fused-ring (bicyclic) bond motifs is 1. The molecule has 0 aliphatic heterocycles. The molecule has 0 atom stereocenters. The van der Waals surface area contributed by atoms with E-state index >= 15 is 0 Å². The molecule has 0 nitrogen and oxygen atoms in total. The van der Waals surface area contributed by atoms with Crippen LogP contribution in [0.25, 0.3) is 21.9 Å². The van der Waals surface area contributed by atoms with E-state index in [9.17, 15) is 0 Å². The molecular weight excluding hydrogens is 252 g/mol. The molecule has 19 heavy (non-hydrogen) atoms. The molecule has 0 saturated heterocycles. The van der Waals surface area contributed by atoms with Gasteiger partial charge < -0.3 is 0 Å². The second kappa shape index (κ2) is 4.71. The maximum absolute atomic E-state index is 5.99. The zero-order valence-electron chi connectivity index (χ0n) is 11.1. The number of rotatable bonds is 1. The predicted molar refractivity (Wildman–Crippen MR) is 83.9 cm³/mol. The molecule has 0 amide bonds. The number of hydrogen-bond acceptors (Lipinski definition) is 0. The first-order valence-electron chi connectivity index (χ1n) is 6.42. The SMILES string of the molecule is Cc1cc2ccccc2c(-c2ccc(Cl)cc2)c1C. The van der Waals surface area contributed by atoms with Crippen LogP contribution in [0.5, 0.6) is 0 Å². The van der Waals surface area contributed by atoms with Gasteiger partial charge in [0.05, 0.1) is 0 Å². The molecule has 0 N–H and O–H groups in total. The second-order valence-electron chi connectivity index (χ2n) is 4.92. The summed E-state index contributed by atoms with van der Waals surface area (Å²) < 4.78 is 0. The van der Waals surface area contributed by atoms with Gasteiger partial charge in [0.15, 0.2) is 0 Å². The van der Waals surface area contributed by atoms with Crippen LogP contribution in [0, 0.1) is 13.8 Å². The van der Waals surface area contributed by atoms with E-state index in [1.54, 1.807) is 0 Å². The van der Waals surface area contributed by atoms with Crippen LogP contribution in [0.1, 0.15) is 11.1 Å². The Kier molecular flexibility index (Phi) is 3.04. The van der Waals surface area contributed by atoms with Crippen molar-refractivity contribution in [1.82, 2.24) is 0 Å². The Labute approximate surface area is 118 Å². The zero-order valence-corrected chi connectivity index (χ0v) is 11.8. The molecule has 0 saturated carbocycles. The van der Waals surface area contributed by atoms with E-state index in [1.807, 2.05) is 12.1 Å². The predicted octanol–water partition coefficient (Wildman–Crippen LogP) is 5.78. The van der Waals surface area contributed by atoms with Crippen LogP contribution in [-0.2, 0) is 0 Å². The first-order chi connectivity index (χ1) is 9.16. The third-order valence-corrected chi connectivity index (χ3v) is 3.95. The molecule has 3 aromatic rings. The van der Waals surface area contributed by atoms with E-state index in [0.717, 1.165) is 5.02 Å². The molecule has 1 heteroatoms. The fourth-order valence-electron chi connectivity index (χ4n) is 2.58. The van der Waals surface area contributed by atoms with Gasteiger partial charge in [0.25, 0.3) is 0 Å². The Bertz CT molecular complexity index is 739. The van der Waals surface area contributed by atoms with Gasteiger partial charge in [-0.3, -0.25) is 0 Å². The highest BCUT2D eigenvalue weighted by Gasteiger charge is 2.09. The number of benzene rings is 3. The van der Waals surface area contributed by atoms with Crippen LogP contribution in [-0.4, -0.2) is 0 Å². The van der Waals surface area contributed by atoms with Gasteiger partial charge in [-0.25, -0.2) is 0 Å². The lowest BCUT2D eigenvalue weighted by Gasteiger charge is -2.13. The van der Waals surface area contributed by atoms with Crippen LogP contribution in [0.3, 0.4) is 0 Å². The number of aryl methyl sites for hydroxylation is 1. The Morgan fingerprint density at radius 3 is 2.26 bits per heavy atom. The number of hydrogen-bond donors (Lipinski definition) is 0. The van der Waals surface area contributed by atoms with E-state index in [2.05, 4.69) is 56.3 Å². The van der Waals surface area contributed by atoms with Gasteiger partial charge in [-0.15, -0.1) is 0 Å². The Morgan fingerprint density at radius 2 is 1.53 bits per heavy atom. The summed E-state index contributed by atoms with van der Waals surface area (Å²) in [7, 11) is 0. The molecule has 0 heterocycles. The van der Waals surface area contributed by atoms with Crippen molar-refractivity contribution in [1.29, 1.82) is 0 Å². The molecule has 0 fully saturated rings. The van der Waals surface area contributed by atoms with Crippen molar-refractivity contribution in [2.75, 3.05) is 0 Å². The standard InChI is InChI=1S/C18H15Cl/c1-12-11-15-5-3-4-6-17(15)18(13(12)2)14-7-9-16(19)10-8-14/h3-11H,1-2H3. The molecule has 3 aromatic carbocycles. The van der Waals surface area contributed by atoms with Gasteiger partial charge in [0.2, 0.25) is 0 Å². The zero-order chi connectivity index (χ0) is 13.4. The first kappa shape index (κ1) is 12.3. The third-order valence-electron chi connectivity index (χ3n) is 3.70. The summed E-state index contributed by atoms with van der Waals surface area (Å²) in [5.41, 5.74) is 5.19. The van der Waals surface area contributed by atoms with Crippen molar-refractivity contribution in [3.8, 4) is 11.1 Å². The minimum atomic E-state index is 0.776. The van der Waals surface area contributed by atoms with Crippen LogP contribution in [0.4, 0.5) is 0 Å². The maximum atomic E-state index is 5.99. The summed E-state index contributed by atoms with van der Waals surface area (Å²) in [6, 6.07) is 18.9. The van der Waals surface area contributed by atoms with Crippen molar-refractivity contribution in [2.45, 2.75) is 13.8 Å². The molecule has 0 bridgehead atoms. The Morgan fingerprint density at radius 1 is 0.842 bits per heavy atom. The number of halogens is 1. The van der Waals surface area contributed by atoms with Gasteiger partial charge in [-0.1, -0.05) is 54.1 Å². The lowest BCUT2D eigenvalue weighted by molar-refractivity contribution is 1.36. The van der Waals surface area contributed by atoms with Crippen molar-refractivity contribution in [2.24, 2.45) is 0 Å². The largest absolute Gasteiger partial charge is 0.0843 e. The summed E-state index contributed by atoms with van der Waals surface area (Å²) >= 11 is 5.99. The van der Waals surface area contributed by atoms with Crippen molar-refractivity contribution in [3.05, 3.63) is 70.7 Å². The molecule has 0 radical (unpaired) electrons. The second-order valence-corrected chi connectivity index (χ2v) is 5.36. The third kappa shape index (κ3) is 2.13. The summed E-state index contributed by atoms with van der Waals surface area (Å²) in [6.07, 6.45) is 0. The topological polar surface area (TPSA) is 0 Å². The molecule has 94 valence electrons. The smallest absolute Gasteiger partial charge is 0.0406 e. The summed E-state index contributed by atoms with van der Waals surface area (Å²) in [5, 5.41) is 3.36. The fourth-order valence-corrected chi connectivity index (χ4v) is 2.71. The average Bonchev–Trinajstić information content (AvgIpc) is 2.42. The fraction of sp³-hybridized carbons (Fsp3) is 0.111. The van der Waals surface area contributed by atoms with E-state index in [-0.39, 0.29) is 0 Å². The Hall–Kier alpha value is -1.79. The van der Waals surface area contributed by atoms with E-state index in [4.69, 9.17) is 11.6 Å². The molecule has 3 rings (SSSR count). The van der Waals surface area contributed by atoms with Crippen LogP contribution in [0.15, 0.2) is 54.6 Å². The van der Waals surface area contributed by atoms with Gasteiger partial charge in [0.1, 0.15) is 0 Å². The molecule has 0 unspecified atom stereocenters. The maximum Gasteiger partial charge on any atom is 0.0406 e. The average molecular weight is 267 g/mol. The highest BCUT2D eigenvalue weighted by Crippen LogP contribution is 2.34. The Balaban J connectivity index is 2.38. The van der Waals surface area contributed by atoms with Crippen LogP contribution >= 0.6 is 11.6 Å². The van der Waals surface area contributed by atoms with Crippen LogP contribution in [0.2, 0.25) is 5.02 Å². The molecule has 0 spiro atoms. The minimum absolute atomic E-state index is 0.776. The molecule has 0 aromatic heterocycles. The molecular formula is C18H15Cl.